The van der Waals surface area contributed by atoms with Gasteiger partial charge >= 0.3 is 0 Å². The van der Waals surface area contributed by atoms with Crippen LogP contribution in [0.3, 0.4) is 0 Å². The monoisotopic (exact) mass is 298 g/mol. The summed E-state index contributed by atoms with van der Waals surface area (Å²) in [4.78, 5) is 5.09. The first-order valence-corrected chi connectivity index (χ1v) is 8.02. The maximum atomic E-state index is 6.14. The zero-order valence-corrected chi connectivity index (χ0v) is 12.6. The van der Waals surface area contributed by atoms with Gasteiger partial charge in [-0.3, -0.25) is 4.90 Å². The summed E-state index contributed by atoms with van der Waals surface area (Å²) in [5.74, 6) is 0.553. The van der Waals surface area contributed by atoms with E-state index in [1.807, 2.05) is 12.1 Å². The summed E-state index contributed by atoms with van der Waals surface area (Å²) in [5.41, 5.74) is 2.41. The van der Waals surface area contributed by atoms with Gasteiger partial charge in [-0.05, 0) is 50.0 Å². The van der Waals surface area contributed by atoms with Crippen LogP contribution in [0.25, 0.3) is 0 Å². The lowest BCUT2D eigenvalue weighted by atomic mass is 10.2. The molecule has 2 heterocycles. The SMILES string of the molecule is ClCc1ccc(Cl)cc1N1CCC(N2CCCC2)C1. The Bertz CT molecular complexity index is 444. The molecule has 2 aliphatic rings. The minimum Gasteiger partial charge on any atom is -0.370 e. The van der Waals surface area contributed by atoms with Gasteiger partial charge in [-0.2, -0.15) is 0 Å². The van der Waals surface area contributed by atoms with Crippen LogP contribution in [0.1, 0.15) is 24.8 Å². The number of likely N-dealkylation sites (tertiary alicyclic amines) is 1. The van der Waals surface area contributed by atoms with E-state index in [0.29, 0.717) is 11.9 Å². The molecule has 1 unspecified atom stereocenters. The predicted octanol–water partition coefficient (Wildman–Crippen LogP) is 3.75. The van der Waals surface area contributed by atoms with Gasteiger partial charge in [-0.15, -0.1) is 11.6 Å². The van der Waals surface area contributed by atoms with Crippen LogP contribution in [-0.4, -0.2) is 37.1 Å². The van der Waals surface area contributed by atoms with Crippen LogP contribution in [0.5, 0.6) is 0 Å². The van der Waals surface area contributed by atoms with Crippen molar-refractivity contribution in [3.63, 3.8) is 0 Å². The molecule has 19 heavy (non-hydrogen) atoms. The van der Waals surface area contributed by atoms with Crippen molar-refractivity contribution >= 4 is 28.9 Å². The highest BCUT2D eigenvalue weighted by Crippen LogP contribution is 2.31. The first-order valence-electron chi connectivity index (χ1n) is 7.11. The van der Waals surface area contributed by atoms with Crippen LogP contribution in [0.15, 0.2) is 18.2 Å². The Morgan fingerprint density at radius 1 is 1.16 bits per heavy atom. The smallest absolute Gasteiger partial charge is 0.0494 e. The van der Waals surface area contributed by atoms with E-state index < -0.39 is 0 Å². The number of hydrogen-bond acceptors (Lipinski definition) is 2. The highest BCUT2D eigenvalue weighted by Gasteiger charge is 2.30. The van der Waals surface area contributed by atoms with E-state index in [1.165, 1.54) is 43.6 Å². The van der Waals surface area contributed by atoms with E-state index in [2.05, 4.69) is 15.9 Å². The Balaban J connectivity index is 1.75. The molecule has 0 amide bonds. The summed E-state index contributed by atoms with van der Waals surface area (Å²) in [6.07, 6.45) is 3.98. The first-order chi connectivity index (χ1) is 9.28. The predicted molar refractivity (Wildman–Crippen MR) is 82.4 cm³/mol. The molecule has 1 aromatic rings. The summed E-state index contributed by atoms with van der Waals surface area (Å²) in [6.45, 7) is 4.78. The molecular formula is C15H20Cl2N2. The average Bonchev–Trinajstić information content (AvgIpc) is 3.09. The molecule has 3 rings (SSSR count). The van der Waals surface area contributed by atoms with Crippen LogP contribution in [0.4, 0.5) is 5.69 Å². The molecule has 1 aromatic carbocycles. The third kappa shape index (κ3) is 2.86. The van der Waals surface area contributed by atoms with Crippen LogP contribution in [0, 0.1) is 0 Å². The molecule has 0 spiro atoms. The number of hydrogen-bond donors (Lipinski definition) is 0. The lowest BCUT2D eigenvalue weighted by Crippen LogP contribution is -2.35. The maximum absolute atomic E-state index is 6.14. The number of halogens is 2. The molecule has 0 aromatic heterocycles. The molecule has 1 atom stereocenters. The van der Waals surface area contributed by atoms with Gasteiger partial charge in [0.2, 0.25) is 0 Å². The van der Waals surface area contributed by atoms with Gasteiger partial charge in [0.25, 0.3) is 0 Å². The van der Waals surface area contributed by atoms with E-state index >= 15 is 0 Å². The number of nitrogens with zero attached hydrogens (tertiary/aromatic N) is 2. The topological polar surface area (TPSA) is 6.48 Å². The Morgan fingerprint density at radius 2 is 1.95 bits per heavy atom. The Hall–Kier alpha value is -0.440. The highest BCUT2D eigenvalue weighted by atomic mass is 35.5. The largest absolute Gasteiger partial charge is 0.370 e. The zero-order valence-electron chi connectivity index (χ0n) is 11.1. The van der Waals surface area contributed by atoms with Gasteiger partial charge in [0.15, 0.2) is 0 Å². The van der Waals surface area contributed by atoms with E-state index in [4.69, 9.17) is 23.2 Å². The quantitative estimate of drug-likeness (QED) is 0.784. The van der Waals surface area contributed by atoms with Crippen LogP contribution >= 0.6 is 23.2 Å². The molecular weight excluding hydrogens is 279 g/mol. The van der Waals surface area contributed by atoms with Crippen molar-refractivity contribution in [1.29, 1.82) is 0 Å². The van der Waals surface area contributed by atoms with Gasteiger partial charge in [-0.25, -0.2) is 0 Å². The Labute approximate surface area is 125 Å². The van der Waals surface area contributed by atoms with E-state index in [1.54, 1.807) is 0 Å². The zero-order chi connectivity index (χ0) is 13.2. The summed E-state index contributed by atoms with van der Waals surface area (Å²) < 4.78 is 0. The lowest BCUT2D eigenvalue weighted by molar-refractivity contribution is 0.260. The minimum absolute atomic E-state index is 0.553. The van der Waals surface area contributed by atoms with Crippen LogP contribution in [-0.2, 0) is 5.88 Å². The molecule has 2 fully saturated rings. The summed E-state index contributed by atoms with van der Waals surface area (Å²) >= 11 is 12.2. The van der Waals surface area contributed by atoms with Crippen molar-refractivity contribution in [1.82, 2.24) is 4.90 Å². The molecule has 4 heteroatoms. The van der Waals surface area contributed by atoms with Gasteiger partial charge in [0, 0.05) is 35.7 Å². The molecule has 0 saturated carbocycles. The molecule has 0 radical (unpaired) electrons. The van der Waals surface area contributed by atoms with Crippen molar-refractivity contribution in [2.45, 2.75) is 31.2 Å². The van der Waals surface area contributed by atoms with Gasteiger partial charge < -0.3 is 4.90 Å². The van der Waals surface area contributed by atoms with Crippen molar-refractivity contribution in [3.05, 3.63) is 28.8 Å². The third-order valence-electron chi connectivity index (χ3n) is 4.35. The molecule has 0 N–H and O–H groups in total. The van der Waals surface area contributed by atoms with Gasteiger partial charge in [-0.1, -0.05) is 17.7 Å². The van der Waals surface area contributed by atoms with Gasteiger partial charge in [0.05, 0.1) is 0 Å². The minimum atomic E-state index is 0.553. The second-order valence-corrected chi connectivity index (χ2v) is 6.24. The van der Waals surface area contributed by atoms with Gasteiger partial charge in [0.1, 0.15) is 0 Å². The molecule has 2 nitrogen and oxygen atoms in total. The summed E-state index contributed by atoms with van der Waals surface area (Å²) in [5, 5.41) is 0.800. The number of anilines is 1. The summed E-state index contributed by atoms with van der Waals surface area (Å²) in [6, 6.07) is 6.75. The van der Waals surface area contributed by atoms with Crippen molar-refractivity contribution in [2.24, 2.45) is 0 Å². The fourth-order valence-electron chi connectivity index (χ4n) is 3.31. The second kappa shape index (κ2) is 5.90. The van der Waals surface area contributed by atoms with Crippen molar-refractivity contribution in [2.75, 3.05) is 31.1 Å². The molecule has 0 aliphatic carbocycles. The van der Waals surface area contributed by atoms with E-state index in [-0.39, 0.29) is 0 Å². The van der Waals surface area contributed by atoms with Crippen LogP contribution < -0.4 is 4.90 Å². The third-order valence-corrected chi connectivity index (χ3v) is 4.88. The number of alkyl halides is 1. The second-order valence-electron chi connectivity index (χ2n) is 5.54. The molecule has 2 saturated heterocycles. The Morgan fingerprint density at radius 3 is 2.68 bits per heavy atom. The first kappa shape index (κ1) is 13.5. The van der Waals surface area contributed by atoms with Crippen molar-refractivity contribution in [3.8, 4) is 0 Å². The standard InChI is InChI=1S/C15H20Cl2N2/c16-10-12-3-4-13(17)9-15(12)19-8-5-14(11-19)18-6-1-2-7-18/h3-4,9,14H,1-2,5-8,10-11H2. The number of benzene rings is 1. The van der Waals surface area contributed by atoms with Crippen molar-refractivity contribution < 1.29 is 0 Å². The molecule has 2 aliphatic heterocycles. The summed E-state index contributed by atoms with van der Waals surface area (Å²) in [7, 11) is 0. The fraction of sp³-hybridized carbons (Fsp3) is 0.600. The number of rotatable bonds is 3. The highest BCUT2D eigenvalue weighted by molar-refractivity contribution is 6.31. The molecule has 104 valence electrons. The van der Waals surface area contributed by atoms with E-state index in [0.717, 1.165) is 18.1 Å². The maximum Gasteiger partial charge on any atom is 0.0494 e. The van der Waals surface area contributed by atoms with Crippen LogP contribution in [0.2, 0.25) is 5.02 Å². The lowest BCUT2D eigenvalue weighted by Gasteiger charge is -2.25. The fourth-order valence-corrected chi connectivity index (χ4v) is 3.70. The Kier molecular flexibility index (Phi) is 4.21. The normalized spacial score (nSPS) is 24.3. The average molecular weight is 299 g/mol. The van der Waals surface area contributed by atoms with E-state index in [9.17, 15) is 0 Å². The molecule has 0 bridgehead atoms.